The van der Waals surface area contributed by atoms with Crippen LogP contribution in [0.25, 0.3) is 0 Å². The molecule has 0 aliphatic carbocycles. The lowest BCUT2D eigenvalue weighted by molar-refractivity contribution is -0.176. The second-order valence-electron chi connectivity index (χ2n) is 4.07. The van der Waals surface area contributed by atoms with Gasteiger partial charge in [0.25, 0.3) is 0 Å². The van der Waals surface area contributed by atoms with Gasteiger partial charge in [0.15, 0.2) is 5.60 Å². The van der Waals surface area contributed by atoms with E-state index in [0.717, 1.165) is 0 Å². The zero-order valence-electron chi connectivity index (χ0n) is 9.05. The average molecular weight is 232 g/mol. The molecule has 1 aliphatic heterocycles. The molecule has 0 aromatic heterocycles. The van der Waals surface area contributed by atoms with Gasteiger partial charge in [0.1, 0.15) is 0 Å². The number of rotatable bonds is 7. The minimum atomic E-state index is -2.23. The Labute approximate surface area is 92.8 Å². The monoisotopic (exact) mass is 232 g/mol. The largest absolute Gasteiger partial charge is 0.481 e. The fourth-order valence-electron chi connectivity index (χ4n) is 1.77. The molecule has 0 spiro atoms. The van der Waals surface area contributed by atoms with Gasteiger partial charge >= 0.3 is 11.9 Å². The third-order valence-corrected chi connectivity index (χ3v) is 2.76. The molecule has 0 bridgehead atoms. The highest BCUT2D eigenvalue weighted by Gasteiger charge is 2.51. The summed E-state index contributed by atoms with van der Waals surface area (Å²) >= 11 is 0. The molecule has 16 heavy (non-hydrogen) atoms. The van der Waals surface area contributed by atoms with Crippen LogP contribution in [0.3, 0.4) is 0 Å². The summed E-state index contributed by atoms with van der Waals surface area (Å²) in [7, 11) is 0. The molecule has 92 valence electrons. The van der Waals surface area contributed by atoms with Gasteiger partial charge in [-0.05, 0) is 6.42 Å². The van der Waals surface area contributed by atoms with E-state index in [1.165, 1.54) is 0 Å². The predicted molar refractivity (Wildman–Crippen MR) is 53.0 cm³/mol. The molecule has 0 saturated carbocycles. The van der Waals surface area contributed by atoms with E-state index in [-0.39, 0.29) is 18.9 Å². The summed E-state index contributed by atoms with van der Waals surface area (Å²) in [4.78, 5) is 22.0. The molecule has 0 radical (unpaired) electrons. The van der Waals surface area contributed by atoms with Crippen molar-refractivity contribution in [3.05, 3.63) is 0 Å². The van der Waals surface area contributed by atoms with Crippen molar-refractivity contribution >= 4 is 11.9 Å². The molecule has 1 rings (SSSR count). The summed E-state index contributed by atoms with van der Waals surface area (Å²) in [5.74, 6) is -4.07. The number of hydrogen-bond donors (Lipinski definition) is 3. The first-order valence-corrected chi connectivity index (χ1v) is 5.22. The van der Waals surface area contributed by atoms with Crippen LogP contribution >= 0.6 is 0 Å². The molecule has 6 nitrogen and oxygen atoms in total. The van der Waals surface area contributed by atoms with Gasteiger partial charge in [-0.2, -0.15) is 0 Å². The van der Waals surface area contributed by atoms with Gasteiger partial charge in [-0.15, -0.1) is 0 Å². The van der Waals surface area contributed by atoms with Crippen molar-refractivity contribution in [3.8, 4) is 0 Å². The van der Waals surface area contributed by atoms with E-state index >= 15 is 0 Å². The van der Waals surface area contributed by atoms with Crippen LogP contribution in [0.2, 0.25) is 0 Å². The number of hydrogen-bond acceptors (Lipinski definition) is 4. The molecule has 0 aromatic rings. The SMILES string of the molecule is CCCC(C(=O)O)C(O)(CC1CO1)C(=O)O. The van der Waals surface area contributed by atoms with Crippen LogP contribution in [0.4, 0.5) is 0 Å². The van der Waals surface area contributed by atoms with Crippen LogP contribution in [0.1, 0.15) is 26.2 Å². The van der Waals surface area contributed by atoms with Crippen LogP contribution in [0, 0.1) is 5.92 Å². The number of carbonyl (C=O) groups is 2. The van der Waals surface area contributed by atoms with E-state index in [4.69, 9.17) is 14.9 Å². The summed E-state index contributed by atoms with van der Waals surface area (Å²) in [6, 6.07) is 0. The number of carboxylic acids is 2. The Morgan fingerprint density at radius 2 is 2.06 bits per heavy atom. The zero-order valence-corrected chi connectivity index (χ0v) is 9.05. The van der Waals surface area contributed by atoms with Crippen LogP contribution in [-0.4, -0.2) is 45.6 Å². The van der Waals surface area contributed by atoms with Gasteiger partial charge in [-0.25, -0.2) is 4.79 Å². The molecular weight excluding hydrogens is 216 g/mol. The van der Waals surface area contributed by atoms with Gasteiger partial charge in [0.2, 0.25) is 0 Å². The van der Waals surface area contributed by atoms with Gasteiger partial charge in [0.05, 0.1) is 18.6 Å². The maximum atomic E-state index is 11.0. The van der Waals surface area contributed by atoms with Crippen molar-refractivity contribution in [2.75, 3.05) is 6.61 Å². The fraction of sp³-hybridized carbons (Fsp3) is 0.800. The Bertz CT molecular complexity index is 285. The minimum Gasteiger partial charge on any atom is -0.481 e. The quantitative estimate of drug-likeness (QED) is 0.537. The third kappa shape index (κ3) is 2.70. The second-order valence-corrected chi connectivity index (χ2v) is 4.07. The molecule has 0 amide bonds. The highest BCUT2D eigenvalue weighted by Crippen LogP contribution is 2.32. The molecule has 3 atom stereocenters. The van der Waals surface area contributed by atoms with Crippen molar-refractivity contribution in [3.63, 3.8) is 0 Å². The summed E-state index contributed by atoms with van der Waals surface area (Å²) < 4.78 is 4.85. The number of carboxylic acid groups (broad SMARTS) is 2. The zero-order chi connectivity index (χ0) is 12.3. The van der Waals surface area contributed by atoms with Crippen LogP contribution in [-0.2, 0) is 14.3 Å². The Hall–Kier alpha value is -1.14. The second kappa shape index (κ2) is 4.80. The topological polar surface area (TPSA) is 107 Å². The van der Waals surface area contributed by atoms with Crippen LogP contribution in [0.15, 0.2) is 0 Å². The van der Waals surface area contributed by atoms with Crippen molar-refractivity contribution in [2.45, 2.75) is 37.9 Å². The molecule has 1 fully saturated rings. The molecule has 3 N–H and O–H groups in total. The first-order valence-electron chi connectivity index (χ1n) is 5.22. The molecular formula is C10H16O6. The average Bonchev–Trinajstić information content (AvgIpc) is 2.96. The van der Waals surface area contributed by atoms with Crippen molar-refractivity contribution in [2.24, 2.45) is 5.92 Å². The van der Waals surface area contributed by atoms with Crippen molar-refractivity contribution in [1.82, 2.24) is 0 Å². The smallest absolute Gasteiger partial charge is 0.336 e. The summed E-state index contributed by atoms with van der Waals surface area (Å²) in [5, 5.41) is 27.9. The van der Waals surface area contributed by atoms with E-state index < -0.39 is 23.5 Å². The molecule has 6 heteroatoms. The van der Waals surface area contributed by atoms with Crippen LogP contribution < -0.4 is 0 Å². The Morgan fingerprint density at radius 3 is 2.38 bits per heavy atom. The fourth-order valence-corrected chi connectivity index (χ4v) is 1.77. The van der Waals surface area contributed by atoms with Crippen molar-refractivity contribution in [1.29, 1.82) is 0 Å². The van der Waals surface area contributed by atoms with Gasteiger partial charge in [-0.3, -0.25) is 4.79 Å². The Balaban J connectivity index is 2.85. The summed E-state index contributed by atoms with van der Waals surface area (Å²) in [5.41, 5.74) is -2.23. The third-order valence-electron chi connectivity index (χ3n) is 2.76. The maximum Gasteiger partial charge on any atom is 0.336 e. The van der Waals surface area contributed by atoms with Gasteiger partial charge in [0, 0.05) is 6.42 Å². The van der Waals surface area contributed by atoms with E-state index in [0.29, 0.717) is 13.0 Å². The Kier molecular flexibility index (Phi) is 3.88. The highest BCUT2D eigenvalue weighted by molar-refractivity contribution is 5.85. The van der Waals surface area contributed by atoms with Gasteiger partial charge < -0.3 is 20.1 Å². The minimum absolute atomic E-state index is 0.130. The first kappa shape index (κ1) is 12.9. The first-order chi connectivity index (χ1) is 7.41. The number of aliphatic hydroxyl groups is 1. The van der Waals surface area contributed by atoms with Crippen molar-refractivity contribution < 1.29 is 29.6 Å². The van der Waals surface area contributed by atoms with Gasteiger partial charge in [-0.1, -0.05) is 13.3 Å². The molecule has 3 unspecified atom stereocenters. The number of aliphatic carboxylic acids is 2. The number of ether oxygens (including phenoxy) is 1. The number of epoxide rings is 1. The Morgan fingerprint density at radius 1 is 1.50 bits per heavy atom. The molecule has 0 aromatic carbocycles. The lowest BCUT2D eigenvalue weighted by atomic mass is 9.81. The highest BCUT2D eigenvalue weighted by atomic mass is 16.6. The van der Waals surface area contributed by atoms with E-state index in [9.17, 15) is 14.7 Å². The normalized spacial score (nSPS) is 24.5. The predicted octanol–water partition coefficient (Wildman–Crippen LogP) is 0.0919. The molecule has 1 heterocycles. The lowest BCUT2D eigenvalue weighted by Gasteiger charge is -2.28. The standard InChI is InChI=1S/C10H16O6/c1-2-3-7(8(11)12)10(15,9(13)14)4-6-5-16-6/h6-7,15H,2-5H2,1H3,(H,11,12)(H,13,14). The lowest BCUT2D eigenvalue weighted by Crippen LogP contribution is -2.50. The summed E-state index contributed by atoms with van der Waals surface area (Å²) in [6.07, 6.45) is 0.127. The molecule has 1 saturated heterocycles. The summed E-state index contributed by atoms with van der Waals surface area (Å²) in [6.45, 7) is 2.12. The maximum absolute atomic E-state index is 11.0. The van der Waals surface area contributed by atoms with E-state index in [1.54, 1.807) is 6.92 Å². The van der Waals surface area contributed by atoms with E-state index in [1.807, 2.05) is 0 Å². The molecule has 1 aliphatic rings. The van der Waals surface area contributed by atoms with Crippen LogP contribution in [0.5, 0.6) is 0 Å². The van der Waals surface area contributed by atoms with E-state index in [2.05, 4.69) is 0 Å².